The van der Waals surface area contributed by atoms with Gasteiger partial charge in [0.05, 0.1) is 16.0 Å². The molecule has 0 radical (unpaired) electrons. The van der Waals surface area contributed by atoms with Crippen molar-refractivity contribution in [3.8, 4) is 0 Å². The van der Waals surface area contributed by atoms with Crippen LogP contribution in [0, 0.1) is 13.8 Å². The van der Waals surface area contributed by atoms with Crippen LogP contribution in [0.25, 0.3) is 10.2 Å². The molecule has 2 aromatic carbocycles. The first kappa shape index (κ1) is 24.0. The van der Waals surface area contributed by atoms with E-state index < -0.39 is 0 Å². The Morgan fingerprint density at radius 3 is 2.34 bits per heavy atom. The predicted molar refractivity (Wildman–Crippen MR) is 129 cm³/mol. The highest BCUT2D eigenvalue weighted by molar-refractivity contribution is 8.00. The molecule has 4 nitrogen and oxygen atoms in total. The van der Waals surface area contributed by atoms with Crippen molar-refractivity contribution in [1.82, 2.24) is 9.88 Å². The molecule has 3 rings (SSSR count). The topological polar surface area (TPSA) is 36.4 Å². The molecule has 156 valence electrons. The predicted octanol–water partition coefficient (Wildman–Crippen LogP) is 5.68. The molecule has 0 aliphatic heterocycles. The number of amides is 1. The number of aromatic nitrogens is 1. The zero-order valence-electron chi connectivity index (χ0n) is 16.9. The smallest absolute Gasteiger partial charge is 0.239 e. The van der Waals surface area contributed by atoms with Gasteiger partial charge in [0, 0.05) is 23.0 Å². The molecule has 0 aliphatic carbocycles. The van der Waals surface area contributed by atoms with E-state index in [1.165, 1.54) is 17.3 Å². The van der Waals surface area contributed by atoms with Crippen molar-refractivity contribution in [2.45, 2.75) is 18.7 Å². The molecular formula is C21H25Cl2N3OS2. The van der Waals surface area contributed by atoms with Crippen LogP contribution in [0.5, 0.6) is 0 Å². The second-order valence-corrected chi connectivity index (χ2v) is 9.43. The van der Waals surface area contributed by atoms with E-state index in [4.69, 9.17) is 16.6 Å². The van der Waals surface area contributed by atoms with Crippen LogP contribution < -0.4 is 4.90 Å². The number of carbonyl (C=O) groups excluding carboxylic acids is 1. The summed E-state index contributed by atoms with van der Waals surface area (Å²) in [5.74, 6) is 0.430. The molecular weight excluding hydrogens is 445 g/mol. The summed E-state index contributed by atoms with van der Waals surface area (Å²) < 4.78 is 1.16. The summed E-state index contributed by atoms with van der Waals surface area (Å²) in [6.07, 6.45) is 0. The summed E-state index contributed by atoms with van der Waals surface area (Å²) in [6, 6.07) is 11.8. The average Bonchev–Trinajstić information content (AvgIpc) is 3.10. The fraction of sp³-hybridized carbons (Fsp3) is 0.333. The number of carbonyl (C=O) groups is 1. The van der Waals surface area contributed by atoms with E-state index in [9.17, 15) is 4.79 Å². The first-order valence-electron chi connectivity index (χ1n) is 9.05. The Labute approximate surface area is 191 Å². The molecule has 0 saturated heterocycles. The van der Waals surface area contributed by atoms with Gasteiger partial charge in [-0.1, -0.05) is 35.1 Å². The van der Waals surface area contributed by atoms with Crippen LogP contribution in [-0.2, 0) is 4.79 Å². The molecule has 0 fully saturated rings. The van der Waals surface area contributed by atoms with E-state index >= 15 is 0 Å². The Morgan fingerprint density at radius 2 is 1.72 bits per heavy atom. The SMILES string of the molecule is Cc1ccc(C)c2sc(N(CCN(C)C)C(=O)CSc3ccc(Cl)cc3)nc12.Cl. The van der Waals surface area contributed by atoms with Crippen molar-refractivity contribution in [2.24, 2.45) is 0 Å². The molecule has 0 N–H and O–H groups in total. The monoisotopic (exact) mass is 469 g/mol. The molecule has 0 bridgehead atoms. The van der Waals surface area contributed by atoms with Gasteiger partial charge in [0.25, 0.3) is 0 Å². The molecule has 0 aliphatic rings. The number of aryl methyl sites for hydroxylation is 2. The van der Waals surface area contributed by atoms with Gasteiger partial charge in [0.15, 0.2) is 5.13 Å². The number of hydrogen-bond acceptors (Lipinski definition) is 5. The molecule has 0 spiro atoms. The number of thiazole rings is 1. The van der Waals surface area contributed by atoms with Gasteiger partial charge in [0.1, 0.15) is 0 Å². The summed E-state index contributed by atoms with van der Waals surface area (Å²) in [4.78, 5) is 22.8. The van der Waals surface area contributed by atoms with Crippen molar-refractivity contribution >= 4 is 68.4 Å². The molecule has 3 aromatic rings. The number of anilines is 1. The highest BCUT2D eigenvalue weighted by Crippen LogP contribution is 2.33. The second-order valence-electron chi connectivity index (χ2n) is 6.96. The van der Waals surface area contributed by atoms with E-state index in [0.717, 1.165) is 32.4 Å². The maximum Gasteiger partial charge on any atom is 0.239 e. The Balaban J connectivity index is 0.00000300. The van der Waals surface area contributed by atoms with Crippen molar-refractivity contribution in [3.05, 3.63) is 52.5 Å². The van der Waals surface area contributed by atoms with Gasteiger partial charge in [-0.2, -0.15) is 0 Å². The lowest BCUT2D eigenvalue weighted by molar-refractivity contribution is -0.116. The quantitative estimate of drug-likeness (QED) is 0.417. The lowest BCUT2D eigenvalue weighted by atomic mass is 10.1. The third kappa shape index (κ3) is 6.09. The fourth-order valence-electron chi connectivity index (χ4n) is 2.74. The Bertz CT molecular complexity index is 935. The van der Waals surface area contributed by atoms with Crippen molar-refractivity contribution in [1.29, 1.82) is 0 Å². The summed E-state index contributed by atoms with van der Waals surface area (Å²) in [6.45, 7) is 5.55. The van der Waals surface area contributed by atoms with Crippen LogP contribution in [0.3, 0.4) is 0 Å². The molecule has 0 atom stereocenters. The minimum atomic E-state index is 0. The first-order valence-corrected chi connectivity index (χ1v) is 11.2. The standard InChI is InChI=1S/C21H24ClN3OS2.ClH/c1-14-5-6-15(2)20-19(14)23-21(28-20)25(12-11-24(3)4)18(26)13-27-17-9-7-16(22)8-10-17;/h5-10H,11-13H2,1-4H3;1H. The number of likely N-dealkylation sites (N-methyl/N-ethyl adjacent to an activating group) is 1. The zero-order chi connectivity index (χ0) is 20.3. The third-order valence-electron chi connectivity index (χ3n) is 4.41. The van der Waals surface area contributed by atoms with Gasteiger partial charge in [-0.3, -0.25) is 9.69 Å². The highest BCUT2D eigenvalue weighted by Gasteiger charge is 2.21. The van der Waals surface area contributed by atoms with E-state index in [1.54, 1.807) is 11.3 Å². The van der Waals surface area contributed by atoms with Crippen LogP contribution in [0.4, 0.5) is 5.13 Å². The highest BCUT2D eigenvalue weighted by atomic mass is 35.5. The third-order valence-corrected chi connectivity index (χ3v) is 6.87. The number of fused-ring (bicyclic) bond motifs is 1. The van der Waals surface area contributed by atoms with E-state index in [2.05, 4.69) is 30.9 Å². The number of nitrogens with zero attached hydrogens (tertiary/aromatic N) is 3. The van der Waals surface area contributed by atoms with Crippen molar-refractivity contribution in [3.63, 3.8) is 0 Å². The minimum absolute atomic E-state index is 0. The van der Waals surface area contributed by atoms with Crippen LogP contribution in [0.2, 0.25) is 5.02 Å². The zero-order valence-corrected chi connectivity index (χ0v) is 20.1. The van der Waals surface area contributed by atoms with Gasteiger partial charge in [-0.05, 0) is 63.3 Å². The normalized spacial score (nSPS) is 11.0. The van der Waals surface area contributed by atoms with Gasteiger partial charge < -0.3 is 4.90 Å². The summed E-state index contributed by atoms with van der Waals surface area (Å²) in [7, 11) is 4.02. The van der Waals surface area contributed by atoms with E-state index in [-0.39, 0.29) is 18.3 Å². The molecule has 0 saturated carbocycles. The fourth-order valence-corrected chi connectivity index (χ4v) is 4.80. The molecule has 1 heterocycles. The lowest BCUT2D eigenvalue weighted by Gasteiger charge is -2.21. The Kier molecular flexibility index (Phi) is 8.79. The van der Waals surface area contributed by atoms with Gasteiger partial charge >= 0.3 is 0 Å². The largest absolute Gasteiger partial charge is 0.308 e. The lowest BCUT2D eigenvalue weighted by Crippen LogP contribution is -2.37. The second kappa shape index (κ2) is 10.6. The first-order chi connectivity index (χ1) is 13.3. The average molecular weight is 470 g/mol. The summed E-state index contributed by atoms with van der Waals surface area (Å²) >= 11 is 9.06. The van der Waals surface area contributed by atoms with Gasteiger partial charge in [0.2, 0.25) is 5.91 Å². The number of hydrogen-bond donors (Lipinski definition) is 0. The number of benzene rings is 2. The van der Waals surface area contributed by atoms with Crippen LogP contribution in [0.1, 0.15) is 11.1 Å². The van der Waals surface area contributed by atoms with Crippen molar-refractivity contribution < 1.29 is 4.79 Å². The van der Waals surface area contributed by atoms with Crippen LogP contribution in [-0.4, -0.2) is 48.7 Å². The molecule has 0 unspecified atom stereocenters. The maximum atomic E-state index is 13.1. The molecule has 1 amide bonds. The van der Waals surface area contributed by atoms with E-state index in [1.807, 2.05) is 43.3 Å². The van der Waals surface area contributed by atoms with Crippen molar-refractivity contribution in [2.75, 3.05) is 37.8 Å². The molecule has 1 aromatic heterocycles. The van der Waals surface area contributed by atoms with E-state index in [0.29, 0.717) is 17.3 Å². The van der Waals surface area contributed by atoms with Gasteiger partial charge in [-0.15, -0.1) is 24.2 Å². The van der Waals surface area contributed by atoms with Gasteiger partial charge in [-0.25, -0.2) is 4.98 Å². The summed E-state index contributed by atoms with van der Waals surface area (Å²) in [5.41, 5.74) is 3.33. The minimum Gasteiger partial charge on any atom is -0.308 e. The van der Waals surface area contributed by atoms with Crippen LogP contribution >= 0.6 is 47.1 Å². The summed E-state index contributed by atoms with van der Waals surface area (Å²) in [5, 5.41) is 1.47. The Hall–Kier alpha value is -1.31. The Morgan fingerprint density at radius 1 is 1.07 bits per heavy atom. The molecule has 29 heavy (non-hydrogen) atoms. The maximum absolute atomic E-state index is 13.1. The number of rotatable bonds is 7. The van der Waals surface area contributed by atoms with Crippen LogP contribution in [0.15, 0.2) is 41.3 Å². The number of thioether (sulfide) groups is 1. The molecule has 8 heteroatoms. The number of halogens is 2.